The lowest BCUT2D eigenvalue weighted by molar-refractivity contribution is 0.311. The molecule has 10 heteroatoms. The van der Waals surface area contributed by atoms with Crippen molar-refractivity contribution in [2.24, 2.45) is 4.99 Å². The Morgan fingerprint density at radius 1 is 1.12 bits per heavy atom. The van der Waals surface area contributed by atoms with E-state index in [-0.39, 0.29) is 34.9 Å². The van der Waals surface area contributed by atoms with E-state index >= 15 is 0 Å². The molecule has 0 saturated heterocycles. The van der Waals surface area contributed by atoms with Gasteiger partial charge in [-0.05, 0) is 50.6 Å². The maximum absolute atomic E-state index is 12.6. The van der Waals surface area contributed by atoms with Crippen LogP contribution in [0.3, 0.4) is 0 Å². The lowest BCUT2D eigenvalue weighted by Crippen LogP contribution is -2.33. The van der Waals surface area contributed by atoms with Crippen LogP contribution in [-0.2, 0) is 16.6 Å². The van der Waals surface area contributed by atoms with E-state index in [1.54, 1.807) is 45.5 Å². The van der Waals surface area contributed by atoms with E-state index in [0.717, 1.165) is 11.3 Å². The molecule has 0 aliphatic carbocycles. The van der Waals surface area contributed by atoms with Crippen LogP contribution in [0.25, 0.3) is 0 Å². The molecule has 8 nitrogen and oxygen atoms in total. The number of guanidine groups is 1. The molecule has 2 rings (SSSR count). The highest BCUT2D eigenvalue weighted by Crippen LogP contribution is 2.30. The first-order chi connectivity index (χ1) is 14.7. The van der Waals surface area contributed by atoms with Crippen molar-refractivity contribution in [1.29, 1.82) is 0 Å². The molecule has 0 aliphatic rings. The van der Waals surface area contributed by atoms with Gasteiger partial charge in [0.1, 0.15) is 0 Å². The molecule has 0 aliphatic heterocycles. The van der Waals surface area contributed by atoms with Gasteiger partial charge in [-0.1, -0.05) is 12.1 Å². The van der Waals surface area contributed by atoms with Crippen molar-refractivity contribution in [1.82, 2.24) is 9.62 Å². The molecule has 0 saturated carbocycles. The topological polar surface area (TPSA) is 92.3 Å². The monoisotopic (exact) mass is 576 g/mol. The number of hydrogen-bond acceptors (Lipinski definition) is 5. The van der Waals surface area contributed by atoms with Gasteiger partial charge in [0.05, 0.1) is 18.6 Å². The largest absolute Gasteiger partial charge is 0.493 e. The van der Waals surface area contributed by atoms with Crippen molar-refractivity contribution in [2.75, 3.05) is 33.1 Å². The normalized spacial score (nSPS) is 11.8. The molecule has 0 bridgehead atoms. The third kappa shape index (κ3) is 7.24. The van der Waals surface area contributed by atoms with Crippen LogP contribution in [0, 0.1) is 0 Å². The predicted molar refractivity (Wildman–Crippen MR) is 140 cm³/mol. The maximum atomic E-state index is 12.6. The number of ether oxygens (including phenoxy) is 2. The SMILES string of the molecule is CCOc1cc(NC(=NC)NCc2ccc(S(=O)(=O)N(C)C(C)C)cc2)ccc1OC.I. The van der Waals surface area contributed by atoms with Gasteiger partial charge >= 0.3 is 0 Å². The second-order valence-corrected chi connectivity index (χ2v) is 9.11. The minimum Gasteiger partial charge on any atom is -0.493 e. The first kappa shape index (κ1) is 28.0. The van der Waals surface area contributed by atoms with E-state index in [9.17, 15) is 8.42 Å². The molecule has 32 heavy (non-hydrogen) atoms. The molecule has 2 N–H and O–H groups in total. The van der Waals surface area contributed by atoms with Crippen LogP contribution in [-0.4, -0.2) is 52.5 Å². The van der Waals surface area contributed by atoms with Crippen LogP contribution in [0.2, 0.25) is 0 Å². The highest BCUT2D eigenvalue weighted by molar-refractivity contribution is 14.0. The van der Waals surface area contributed by atoms with Crippen molar-refractivity contribution >= 4 is 45.6 Å². The van der Waals surface area contributed by atoms with Gasteiger partial charge in [0.25, 0.3) is 0 Å². The van der Waals surface area contributed by atoms with Crippen LogP contribution < -0.4 is 20.1 Å². The number of methoxy groups -OCH3 is 1. The van der Waals surface area contributed by atoms with Crippen molar-refractivity contribution in [3.8, 4) is 11.5 Å². The number of anilines is 1. The Bertz CT molecular complexity index is 995. The van der Waals surface area contributed by atoms with E-state index < -0.39 is 10.0 Å². The Kier molecular flexibility index (Phi) is 11.2. The number of nitrogens with zero attached hydrogens (tertiary/aromatic N) is 2. The van der Waals surface area contributed by atoms with Crippen LogP contribution in [0.5, 0.6) is 11.5 Å². The quantitative estimate of drug-likeness (QED) is 0.267. The van der Waals surface area contributed by atoms with E-state index in [4.69, 9.17) is 9.47 Å². The fourth-order valence-corrected chi connectivity index (χ4v) is 4.12. The third-order valence-electron chi connectivity index (χ3n) is 4.74. The molecular formula is C22H33IN4O4S. The summed E-state index contributed by atoms with van der Waals surface area (Å²) in [5.41, 5.74) is 1.73. The summed E-state index contributed by atoms with van der Waals surface area (Å²) in [7, 11) is 1.37. The van der Waals surface area contributed by atoms with E-state index in [2.05, 4.69) is 15.6 Å². The van der Waals surface area contributed by atoms with Gasteiger partial charge < -0.3 is 20.1 Å². The Hall–Kier alpha value is -2.05. The minimum atomic E-state index is -3.49. The first-order valence-corrected chi connectivity index (χ1v) is 11.5. The highest BCUT2D eigenvalue weighted by Gasteiger charge is 2.22. The summed E-state index contributed by atoms with van der Waals surface area (Å²) in [5, 5.41) is 6.43. The Morgan fingerprint density at radius 3 is 2.31 bits per heavy atom. The zero-order valence-corrected chi connectivity index (χ0v) is 22.5. The zero-order chi connectivity index (χ0) is 23.0. The van der Waals surface area contributed by atoms with Crippen molar-refractivity contribution in [3.63, 3.8) is 0 Å². The van der Waals surface area contributed by atoms with E-state index in [1.165, 1.54) is 4.31 Å². The van der Waals surface area contributed by atoms with Gasteiger partial charge in [0, 0.05) is 38.4 Å². The number of benzene rings is 2. The minimum absolute atomic E-state index is 0. The van der Waals surface area contributed by atoms with Gasteiger partial charge in [0.15, 0.2) is 17.5 Å². The number of sulfonamides is 1. The van der Waals surface area contributed by atoms with E-state index in [1.807, 2.05) is 39.0 Å². The maximum Gasteiger partial charge on any atom is 0.243 e. The predicted octanol–water partition coefficient (Wildman–Crippen LogP) is 3.93. The van der Waals surface area contributed by atoms with Crippen molar-refractivity contribution in [3.05, 3.63) is 48.0 Å². The summed E-state index contributed by atoms with van der Waals surface area (Å²) in [4.78, 5) is 4.51. The average molecular weight is 577 g/mol. The second-order valence-electron chi connectivity index (χ2n) is 7.11. The number of halogens is 1. The number of nitrogens with one attached hydrogen (secondary N) is 2. The van der Waals surface area contributed by atoms with Crippen LogP contribution in [0.1, 0.15) is 26.3 Å². The zero-order valence-electron chi connectivity index (χ0n) is 19.4. The third-order valence-corrected chi connectivity index (χ3v) is 6.79. The molecule has 0 fully saturated rings. The van der Waals surface area contributed by atoms with Gasteiger partial charge in [-0.25, -0.2) is 8.42 Å². The summed E-state index contributed by atoms with van der Waals surface area (Å²) in [6.45, 7) is 6.61. The van der Waals surface area contributed by atoms with Crippen LogP contribution >= 0.6 is 24.0 Å². The average Bonchev–Trinajstić information content (AvgIpc) is 2.76. The smallest absolute Gasteiger partial charge is 0.243 e. The second kappa shape index (κ2) is 12.9. The molecule has 0 atom stereocenters. The summed E-state index contributed by atoms with van der Waals surface area (Å²) in [6, 6.07) is 12.3. The molecule has 2 aromatic carbocycles. The molecule has 2 aromatic rings. The van der Waals surface area contributed by atoms with Gasteiger partial charge in [0.2, 0.25) is 10.0 Å². The van der Waals surface area contributed by atoms with Gasteiger partial charge in [-0.2, -0.15) is 4.31 Å². The summed E-state index contributed by atoms with van der Waals surface area (Å²) in [5.74, 6) is 1.88. The lowest BCUT2D eigenvalue weighted by Gasteiger charge is -2.21. The number of hydrogen-bond donors (Lipinski definition) is 2. The Morgan fingerprint density at radius 2 is 1.78 bits per heavy atom. The molecule has 0 unspecified atom stereocenters. The van der Waals surface area contributed by atoms with Gasteiger partial charge in [-0.3, -0.25) is 4.99 Å². The molecule has 178 valence electrons. The van der Waals surface area contributed by atoms with Crippen molar-refractivity contribution < 1.29 is 17.9 Å². The summed E-state index contributed by atoms with van der Waals surface area (Å²) >= 11 is 0. The van der Waals surface area contributed by atoms with Crippen molar-refractivity contribution in [2.45, 2.75) is 38.3 Å². The number of aliphatic imine (C=N–C) groups is 1. The summed E-state index contributed by atoms with van der Waals surface area (Å²) in [6.07, 6.45) is 0. The fourth-order valence-electron chi connectivity index (χ4n) is 2.75. The molecule has 0 amide bonds. The summed E-state index contributed by atoms with van der Waals surface area (Å²) < 4.78 is 37.4. The van der Waals surface area contributed by atoms with Crippen LogP contribution in [0.15, 0.2) is 52.4 Å². The molecular weight excluding hydrogens is 543 g/mol. The standard InChI is InChI=1S/C22H32N4O4S.HI/c1-7-30-21-14-18(10-13-20(21)29-6)25-22(23-4)24-15-17-8-11-19(12-9-17)31(27,28)26(5)16(2)3;/h8-14,16H,7,15H2,1-6H3,(H2,23,24,25);1H. The highest BCUT2D eigenvalue weighted by atomic mass is 127. The fraction of sp³-hybridized carbons (Fsp3) is 0.409. The first-order valence-electron chi connectivity index (χ1n) is 10.1. The van der Waals surface area contributed by atoms with Crippen LogP contribution in [0.4, 0.5) is 5.69 Å². The Balaban J connectivity index is 0.00000512. The molecule has 0 heterocycles. The number of rotatable bonds is 9. The Labute approximate surface area is 208 Å². The molecule has 0 radical (unpaired) electrons. The van der Waals surface area contributed by atoms with Gasteiger partial charge in [-0.15, -0.1) is 24.0 Å². The molecule has 0 spiro atoms. The lowest BCUT2D eigenvalue weighted by atomic mass is 10.2. The molecule has 0 aromatic heterocycles. The van der Waals surface area contributed by atoms with E-state index in [0.29, 0.717) is 30.6 Å².